The Morgan fingerprint density at radius 2 is 0.700 bits per heavy atom. The van der Waals surface area contributed by atoms with Gasteiger partial charge in [-0.3, -0.25) is 0 Å². The van der Waals surface area contributed by atoms with Gasteiger partial charge in [-0.15, -0.1) is 0 Å². The van der Waals surface area contributed by atoms with Crippen LogP contribution < -0.4 is 0 Å². The third-order valence-corrected chi connectivity index (χ3v) is 5.15. The van der Waals surface area contributed by atoms with E-state index in [0.717, 1.165) is 11.8 Å². The maximum absolute atomic E-state index is 2.73. The molecule has 0 aromatic carbocycles. The molecule has 3 aliphatic heterocycles. The average Bonchev–Trinajstić information content (AvgIpc) is 2.24. The molecule has 0 radical (unpaired) electrons. The minimum absolute atomic E-state index is 0.691. The van der Waals surface area contributed by atoms with Crippen LogP contribution in [0.25, 0.3) is 0 Å². The highest BCUT2D eigenvalue weighted by Gasteiger charge is 2.34. The van der Waals surface area contributed by atoms with Crippen LogP contribution in [0.15, 0.2) is 0 Å². The lowest BCUT2D eigenvalue weighted by Crippen LogP contribution is -2.58. The molecule has 0 spiro atoms. The van der Waals surface area contributed by atoms with E-state index in [4.69, 9.17) is 0 Å². The van der Waals surface area contributed by atoms with Crippen LogP contribution in [0.2, 0.25) is 0 Å². The van der Waals surface area contributed by atoms with E-state index >= 15 is 0 Å². The quantitative estimate of drug-likeness (QED) is 0.786. The van der Waals surface area contributed by atoms with Gasteiger partial charge in [0.05, 0.1) is 0 Å². The second-order valence-corrected chi connectivity index (χ2v) is 7.88. The number of rotatable bonds is 3. The molecule has 0 atom stereocenters. The van der Waals surface area contributed by atoms with Crippen molar-refractivity contribution in [1.82, 2.24) is 14.7 Å². The van der Waals surface area contributed by atoms with E-state index < -0.39 is 0 Å². The topological polar surface area (TPSA) is 9.72 Å². The van der Waals surface area contributed by atoms with E-state index in [1.165, 1.54) is 39.3 Å². The number of hydrogen-bond donors (Lipinski definition) is 0. The van der Waals surface area contributed by atoms with E-state index in [9.17, 15) is 0 Å². The molecule has 3 heteroatoms. The zero-order valence-corrected chi connectivity index (χ0v) is 14.5. The van der Waals surface area contributed by atoms with Crippen LogP contribution in [-0.2, 0) is 0 Å². The smallest absolute Gasteiger partial charge is 0.00388 e. The van der Waals surface area contributed by atoms with Crippen molar-refractivity contribution in [3.8, 4) is 0 Å². The zero-order valence-electron chi connectivity index (χ0n) is 14.5. The normalized spacial score (nSPS) is 31.1. The minimum atomic E-state index is 0.691. The molecule has 0 saturated carbocycles. The van der Waals surface area contributed by atoms with E-state index in [0.29, 0.717) is 18.1 Å². The summed E-state index contributed by atoms with van der Waals surface area (Å²) < 4.78 is 0. The first-order valence-electron chi connectivity index (χ1n) is 8.59. The predicted molar refractivity (Wildman–Crippen MR) is 87.1 cm³/mol. The van der Waals surface area contributed by atoms with Gasteiger partial charge >= 0.3 is 0 Å². The molecule has 0 amide bonds. The summed E-state index contributed by atoms with van der Waals surface area (Å²) in [6, 6.07) is 2.07. The summed E-state index contributed by atoms with van der Waals surface area (Å²) >= 11 is 0. The lowest BCUT2D eigenvalue weighted by molar-refractivity contribution is 0.00345. The van der Waals surface area contributed by atoms with Crippen molar-refractivity contribution in [2.75, 3.05) is 39.3 Å². The van der Waals surface area contributed by atoms with Crippen LogP contribution in [0.3, 0.4) is 0 Å². The summed E-state index contributed by atoms with van der Waals surface area (Å²) in [6.07, 6.45) is 0. The van der Waals surface area contributed by atoms with Crippen molar-refractivity contribution in [3.05, 3.63) is 0 Å². The fourth-order valence-electron chi connectivity index (χ4n) is 3.82. The Labute approximate surface area is 126 Å². The fraction of sp³-hybridized carbons (Fsp3) is 1.00. The highest BCUT2D eigenvalue weighted by Crippen LogP contribution is 2.24. The van der Waals surface area contributed by atoms with Crippen molar-refractivity contribution in [3.63, 3.8) is 0 Å². The molecule has 20 heavy (non-hydrogen) atoms. The molecule has 0 N–H and O–H groups in total. The van der Waals surface area contributed by atoms with Crippen LogP contribution in [0.1, 0.15) is 41.5 Å². The second kappa shape index (κ2) is 6.76. The van der Waals surface area contributed by atoms with Gasteiger partial charge in [0.25, 0.3) is 0 Å². The van der Waals surface area contributed by atoms with E-state index in [2.05, 4.69) is 56.2 Å². The molecule has 0 aliphatic carbocycles. The van der Waals surface area contributed by atoms with Crippen LogP contribution in [-0.4, -0.2) is 72.1 Å². The van der Waals surface area contributed by atoms with Crippen LogP contribution in [0.4, 0.5) is 0 Å². The SMILES string of the molecule is CC(C)N1CC2CN(C(C)C)CC(C1)CN(C(C)C)C2. The zero-order chi connectivity index (χ0) is 14.9. The van der Waals surface area contributed by atoms with Gasteiger partial charge in [0.2, 0.25) is 0 Å². The third kappa shape index (κ3) is 3.96. The van der Waals surface area contributed by atoms with Gasteiger partial charge in [0.15, 0.2) is 0 Å². The van der Waals surface area contributed by atoms with Gasteiger partial charge in [-0.2, -0.15) is 0 Å². The van der Waals surface area contributed by atoms with Crippen molar-refractivity contribution in [2.24, 2.45) is 11.8 Å². The molecule has 2 bridgehead atoms. The number of nitrogens with zero attached hydrogens (tertiary/aromatic N) is 3. The Bertz CT molecular complexity index is 235. The molecule has 118 valence electrons. The molecule has 3 heterocycles. The highest BCUT2D eigenvalue weighted by atomic mass is 15.3. The maximum atomic E-state index is 2.73. The van der Waals surface area contributed by atoms with Gasteiger partial charge in [-0.05, 0) is 53.4 Å². The van der Waals surface area contributed by atoms with Gasteiger partial charge in [-0.25, -0.2) is 0 Å². The molecule has 3 rings (SSSR count). The second-order valence-electron chi connectivity index (χ2n) is 7.88. The average molecular weight is 281 g/mol. The van der Waals surface area contributed by atoms with E-state index in [1.54, 1.807) is 0 Å². The van der Waals surface area contributed by atoms with Gasteiger partial charge < -0.3 is 14.7 Å². The van der Waals surface area contributed by atoms with Crippen LogP contribution >= 0.6 is 0 Å². The number of fused-ring (bicyclic) bond motifs is 6. The largest absolute Gasteiger partial charge is 0.300 e. The lowest BCUT2D eigenvalue weighted by atomic mass is 9.94. The summed E-state index contributed by atoms with van der Waals surface area (Å²) in [5.41, 5.74) is 0. The summed E-state index contributed by atoms with van der Waals surface area (Å²) in [5.74, 6) is 1.59. The monoisotopic (exact) mass is 281 g/mol. The predicted octanol–water partition coefficient (Wildman–Crippen LogP) is 2.38. The summed E-state index contributed by atoms with van der Waals surface area (Å²) in [7, 11) is 0. The molecule has 3 aliphatic rings. The Balaban J connectivity index is 2.16. The van der Waals surface area contributed by atoms with Gasteiger partial charge in [0.1, 0.15) is 0 Å². The molecular formula is C17H35N3. The fourth-order valence-corrected chi connectivity index (χ4v) is 3.82. The summed E-state index contributed by atoms with van der Waals surface area (Å²) in [6.45, 7) is 21.8. The standard InChI is InChI=1S/C17H35N3/c1-13(2)18-7-16-9-19(14(3)4)10-17(8-18)12-20(11-16)15(5)6/h13-17H,7-12H2,1-6H3. The molecule has 3 nitrogen and oxygen atoms in total. The summed E-state index contributed by atoms with van der Waals surface area (Å²) in [5, 5.41) is 0. The van der Waals surface area contributed by atoms with Crippen molar-refractivity contribution in [1.29, 1.82) is 0 Å². The maximum Gasteiger partial charge on any atom is 0.00388 e. The summed E-state index contributed by atoms with van der Waals surface area (Å²) in [4.78, 5) is 8.18. The Morgan fingerprint density at radius 3 is 0.850 bits per heavy atom. The van der Waals surface area contributed by atoms with Gasteiger partial charge in [-0.1, -0.05) is 0 Å². The first-order valence-corrected chi connectivity index (χ1v) is 8.59. The van der Waals surface area contributed by atoms with Crippen molar-refractivity contribution >= 4 is 0 Å². The third-order valence-electron chi connectivity index (χ3n) is 5.15. The van der Waals surface area contributed by atoms with Crippen LogP contribution in [0, 0.1) is 11.8 Å². The molecule has 3 saturated heterocycles. The molecule has 0 aromatic rings. The minimum Gasteiger partial charge on any atom is -0.300 e. The highest BCUT2D eigenvalue weighted by molar-refractivity contribution is 4.88. The first-order chi connectivity index (χ1) is 9.36. The first kappa shape index (κ1) is 16.3. The molecule has 0 aromatic heterocycles. The Morgan fingerprint density at radius 1 is 0.500 bits per heavy atom. The van der Waals surface area contributed by atoms with Crippen molar-refractivity contribution in [2.45, 2.75) is 59.7 Å². The Kier molecular flexibility index (Phi) is 5.49. The number of hydrogen-bond acceptors (Lipinski definition) is 3. The lowest BCUT2D eigenvalue weighted by Gasteiger charge is -2.48. The van der Waals surface area contributed by atoms with Gasteiger partial charge in [0, 0.05) is 57.4 Å². The van der Waals surface area contributed by atoms with Crippen molar-refractivity contribution < 1.29 is 0 Å². The Hall–Kier alpha value is -0.120. The molecule has 0 unspecified atom stereocenters. The molecular weight excluding hydrogens is 246 g/mol. The van der Waals surface area contributed by atoms with E-state index in [-0.39, 0.29) is 0 Å². The van der Waals surface area contributed by atoms with E-state index in [1.807, 2.05) is 0 Å². The van der Waals surface area contributed by atoms with Crippen LogP contribution in [0.5, 0.6) is 0 Å². The molecule has 3 fully saturated rings.